The monoisotopic (exact) mass is 225 g/mol. The number of hydrogen-bond donors (Lipinski definition) is 1. The summed E-state index contributed by atoms with van der Waals surface area (Å²) in [6.45, 7) is 0.941. The number of nitrogens with two attached hydrogens (primary N) is 1. The highest BCUT2D eigenvalue weighted by molar-refractivity contribution is 5.97. The predicted molar refractivity (Wildman–Crippen MR) is 72.6 cm³/mol. The lowest BCUT2D eigenvalue weighted by Gasteiger charge is -1.98. The van der Waals surface area contributed by atoms with Gasteiger partial charge in [-0.2, -0.15) is 0 Å². The summed E-state index contributed by atoms with van der Waals surface area (Å²) in [7, 11) is 4.56. The maximum atomic E-state index is 4.93. The van der Waals surface area contributed by atoms with E-state index in [4.69, 9.17) is 5.73 Å². The van der Waals surface area contributed by atoms with E-state index < -0.39 is 0 Å². The van der Waals surface area contributed by atoms with E-state index >= 15 is 0 Å². The van der Waals surface area contributed by atoms with E-state index in [0.717, 1.165) is 0 Å². The minimum atomic E-state index is 0.444. The Kier molecular flexibility index (Phi) is 6.79. The van der Waals surface area contributed by atoms with Crippen molar-refractivity contribution in [1.82, 2.24) is 0 Å². The van der Waals surface area contributed by atoms with Crippen molar-refractivity contribution < 1.29 is 4.65 Å². The van der Waals surface area contributed by atoms with Crippen molar-refractivity contribution in [3.63, 3.8) is 0 Å². The first-order valence-corrected chi connectivity index (χ1v) is 5.50. The van der Waals surface area contributed by atoms with Crippen LogP contribution in [0.2, 0.25) is 0 Å². The predicted octanol–water partition coefficient (Wildman–Crippen LogP) is 2.40. The molecular weight excluding hydrogens is 209 g/mol. The molecule has 0 aromatic heterocycles. The summed E-state index contributed by atoms with van der Waals surface area (Å²) in [6, 6.07) is 20.8. The third kappa shape index (κ3) is 5.34. The second-order valence-corrected chi connectivity index (χ2v) is 3.39. The van der Waals surface area contributed by atoms with Gasteiger partial charge >= 0.3 is 0 Å². The van der Waals surface area contributed by atoms with Gasteiger partial charge in [0.05, 0.1) is 0 Å². The van der Waals surface area contributed by atoms with Crippen molar-refractivity contribution in [2.45, 2.75) is 0 Å². The molecule has 0 heterocycles. The molecule has 0 aliphatic rings. The second-order valence-electron chi connectivity index (χ2n) is 3.39. The van der Waals surface area contributed by atoms with Crippen LogP contribution in [-0.4, -0.2) is 21.2 Å². The number of hydrogen-bond acceptors (Lipinski definition) is 2. The summed E-state index contributed by atoms with van der Waals surface area (Å²) in [5.41, 5.74) is 7.49. The zero-order valence-electron chi connectivity index (χ0n) is 9.75. The van der Waals surface area contributed by atoms with Crippen LogP contribution in [0, 0.1) is 0 Å². The molecule has 0 amide bonds. The van der Waals surface area contributed by atoms with Crippen molar-refractivity contribution in [2.24, 2.45) is 5.73 Å². The van der Waals surface area contributed by atoms with Crippen molar-refractivity contribution in [1.29, 1.82) is 0 Å². The van der Waals surface area contributed by atoms with Crippen molar-refractivity contribution in [2.75, 3.05) is 13.2 Å². The summed E-state index contributed by atoms with van der Waals surface area (Å²) >= 11 is 0. The van der Waals surface area contributed by atoms with Crippen molar-refractivity contribution >= 4 is 8.05 Å². The Hall–Kier alpha value is -1.58. The normalized spacial score (nSPS) is 9.24. The van der Waals surface area contributed by atoms with E-state index in [2.05, 4.69) is 61.2 Å². The van der Waals surface area contributed by atoms with Gasteiger partial charge in [-0.1, -0.05) is 60.7 Å². The molecule has 2 aromatic carbocycles. The van der Waals surface area contributed by atoms with Crippen LogP contribution in [0.4, 0.5) is 0 Å². The summed E-state index contributed by atoms with van der Waals surface area (Å²) in [5.74, 6) is 0. The Balaban J connectivity index is 0.000000249. The first-order chi connectivity index (χ1) is 8.38. The molecule has 0 saturated carbocycles. The molecular formula is C14H16BNO. The van der Waals surface area contributed by atoms with Crippen LogP contribution in [0.15, 0.2) is 60.7 Å². The standard InChI is InChI=1S/C12H10.C2H6BNO/c1-3-7-11(8-4-1)12-9-5-2-6-10-12;3-5-2-1-4/h1-10H;1-2,4H2. The number of benzene rings is 2. The topological polar surface area (TPSA) is 35.2 Å². The highest BCUT2D eigenvalue weighted by Crippen LogP contribution is 2.17. The first-order valence-electron chi connectivity index (χ1n) is 5.50. The Bertz CT molecular complexity index is 352. The Labute approximate surface area is 104 Å². The molecule has 0 spiro atoms. The Morgan fingerprint density at radius 1 is 0.824 bits per heavy atom. The molecule has 0 bridgehead atoms. The first kappa shape index (κ1) is 13.5. The lowest BCUT2D eigenvalue weighted by molar-refractivity contribution is 0.361. The molecule has 0 saturated heterocycles. The van der Waals surface area contributed by atoms with Gasteiger partial charge in [0, 0.05) is 13.2 Å². The molecule has 0 fully saturated rings. The largest absolute Gasteiger partial charge is 0.446 e. The van der Waals surface area contributed by atoms with E-state index in [1.54, 1.807) is 0 Å². The maximum Gasteiger partial charge on any atom is 0.282 e. The molecule has 0 aliphatic carbocycles. The zero-order chi connectivity index (χ0) is 12.3. The summed E-state index contributed by atoms with van der Waals surface area (Å²) < 4.78 is 4.07. The SMILES string of the molecule is [B]OCCN.c1ccc(-c2ccccc2)cc1. The number of rotatable bonds is 3. The van der Waals surface area contributed by atoms with Gasteiger partial charge in [-0.3, -0.25) is 0 Å². The smallest absolute Gasteiger partial charge is 0.282 e. The van der Waals surface area contributed by atoms with Gasteiger partial charge in [0.25, 0.3) is 8.05 Å². The quantitative estimate of drug-likeness (QED) is 0.814. The molecule has 2 radical (unpaired) electrons. The molecule has 0 aliphatic heterocycles. The molecule has 2 N–H and O–H groups in total. The lowest BCUT2D eigenvalue weighted by atomic mass is 10.1. The van der Waals surface area contributed by atoms with Crippen LogP contribution >= 0.6 is 0 Å². The van der Waals surface area contributed by atoms with Crippen LogP contribution < -0.4 is 5.73 Å². The fourth-order valence-electron chi connectivity index (χ4n) is 1.33. The second kappa shape index (κ2) is 8.56. The van der Waals surface area contributed by atoms with Crippen molar-refractivity contribution in [3.05, 3.63) is 60.7 Å². The van der Waals surface area contributed by atoms with Gasteiger partial charge in [-0.05, 0) is 11.1 Å². The van der Waals surface area contributed by atoms with E-state index in [-0.39, 0.29) is 0 Å². The Morgan fingerprint density at radius 3 is 1.47 bits per heavy atom. The van der Waals surface area contributed by atoms with Gasteiger partial charge < -0.3 is 10.4 Å². The molecule has 3 heteroatoms. The molecule has 0 atom stereocenters. The average molecular weight is 225 g/mol. The van der Waals surface area contributed by atoms with Crippen LogP contribution in [0.1, 0.15) is 0 Å². The van der Waals surface area contributed by atoms with Gasteiger partial charge in [0.2, 0.25) is 0 Å². The zero-order valence-corrected chi connectivity index (χ0v) is 9.75. The minimum Gasteiger partial charge on any atom is -0.446 e. The van der Waals surface area contributed by atoms with Gasteiger partial charge in [-0.25, -0.2) is 0 Å². The summed E-state index contributed by atoms with van der Waals surface area (Å²) in [6.07, 6.45) is 0. The van der Waals surface area contributed by atoms with E-state index in [1.165, 1.54) is 11.1 Å². The fraction of sp³-hybridized carbons (Fsp3) is 0.143. The van der Waals surface area contributed by atoms with E-state index in [0.29, 0.717) is 13.2 Å². The van der Waals surface area contributed by atoms with E-state index in [9.17, 15) is 0 Å². The van der Waals surface area contributed by atoms with Crippen LogP contribution in [-0.2, 0) is 4.65 Å². The van der Waals surface area contributed by atoms with Gasteiger partial charge in [0.1, 0.15) is 0 Å². The molecule has 2 nitrogen and oxygen atoms in total. The minimum absolute atomic E-state index is 0.444. The van der Waals surface area contributed by atoms with E-state index in [1.807, 2.05) is 12.1 Å². The maximum absolute atomic E-state index is 4.93. The third-order valence-electron chi connectivity index (χ3n) is 2.12. The van der Waals surface area contributed by atoms with Crippen molar-refractivity contribution in [3.8, 4) is 11.1 Å². The third-order valence-corrected chi connectivity index (χ3v) is 2.12. The highest BCUT2D eigenvalue weighted by Gasteiger charge is 1.91. The molecule has 0 unspecified atom stereocenters. The van der Waals surface area contributed by atoms with Gasteiger partial charge in [0.15, 0.2) is 0 Å². The van der Waals surface area contributed by atoms with Crippen LogP contribution in [0.25, 0.3) is 11.1 Å². The lowest BCUT2D eigenvalue weighted by Crippen LogP contribution is -2.05. The van der Waals surface area contributed by atoms with Crippen LogP contribution in [0.3, 0.4) is 0 Å². The molecule has 86 valence electrons. The fourth-order valence-corrected chi connectivity index (χ4v) is 1.33. The summed E-state index contributed by atoms with van der Waals surface area (Å²) in [5, 5.41) is 0. The highest BCUT2D eigenvalue weighted by atomic mass is 16.4. The van der Waals surface area contributed by atoms with Gasteiger partial charge in [-0.15, -0.1) is 0 Å². The Morgan fingerprint density at radius 2 is 1.24 bits per heavy atom. The molecule has 17 heavy (non-hydrogen) atoms. The summed E-state index contributed by atoms with van der Waals surface area (Å²) in [4.78, 5) is 0. The van der Waals surface area contributed by atoms with Crippen LogP contribution in [0.5, 0.6) is 0 Å². The molecule has 2 rings (SSSR count). The average Bonchev–Trinajstić information content (AvgIpc) is 2.42. The molecule has 2 aromatic rings.